The van der Waals surface area contributed by atoms with E-state index in [-0.39, 0.29) is 11.9 Å². The third kappa shape index (κ3) is 5.53. The first-order chi connectivity index (χ1) is 12.7. The molecule has 5 heteroatoms. The summed E-state index contributed by atoms with van der Waals surface area (Å²) in [6, 6.07) is 14.4. The van der Waals surface area contributed by atoms with E-state index in [1.165, 1.54) is 10.4 Å². The Morgan fingerprint density at radius 3 is 2.62 bits per heavy atom. The van der Waals surface area contributed by atoms with E-state index in [4.69, 9.17) is 0 Å². The maximum absolute atomic E-state index is 12.4. The van der Waals surface area contributed by atoms with Crippen molar-refractivity contribution in [3.05, 3.63) is 64.4 Å². The molecular weight excluding hydrogens is 342 g/mol. The number of hydrogen-bond donors (Lipinski definition) is 1. The summed E-state index contributed by atoms with van der Waals surface area (Å²) in [6.45, 7) is 7.48. The minimum Gasteiger partial charge on any atom is -0.350 e. The Kier molecular flexibility index (Phi) is 7.00. The van der Waals surface area contributed by atoms with E-state index < -0.39 is 0 Å². The molecule has 4 nitrogen and oxygen atoms in total. The van der Waals surface area contributed by atoms with Gasteiger partial charge in [-0.1, -0.05) is 48.6 Å². The predicted octanol–water partition coefficient (Wildman–Crippen LogP) is 3.08. The van der Waals surface area contributed by atoms with Gasteiger partial charge in [-0.25, -0.2) is 0 Å². The van der Waals surface area contributed by atoms with Gasteiger partial charge in [0.1, 0.15) is 0 Å². The Balaban J connectivity index is 1.38. The molecule has 0 aliphatic carbocycles. The van der Waals surface area contributed by atoms with Gasteiger partial charge >= 0.3 is 0 Å². The number of carbonyl (C=O) groups excluding carboxylic acids is 1. The zero-order chi connectivity index (χ0) is 18.2. The summed E-state index contributed by atoms with van der Waals surface area (Å²) in [5.74, 6) is 0.121. The van der Waals surface area contributed by atoms with E-state index in [1.807, 2.05) is 24.4 Å². The highest BCUT2D eigenvalue weighted by molar-refractivity contribution is 7.09. The highest BCUT2D eigenvalue weighted by Crippen LogP contribution is 2.10. The SMILES string of the molecule is C[C@@H](C(=O)NCc1cccs1)N1CCN(C/C=C/c2ccccc2)CC1. The van der Waals surface area contributed by atoms with E-state index in [0.717, 1.165) is 32.7 Å². The third-order valence-corrected chi connectivity index (χ3v) is 5.70. The Labute approximate surface area is 160 Å². The molecule has 1 aliphatic heterocycles. The Hall–Kier alpha value is -1.95. The molecule has 1 aromatic heterocycles. The lowest BCUT2D eigenvalue weighted by Gasteiger charge is -2.37. The number of carbonyl (C=O) groups is 1. The highest BCUT2D eigenvalue weighted by Gasteiger charge is 2.24. The van der Waals surface area contributed by atoms with Gasteiger partial charge in [-0.05, 0) is 23.9 Å². The molecule has 0 bridgehead atoms. The second-order valence-electron chi connectivity index (χ2n) is 6.62. The van der Waals surface area contributed by atoms with Crippen LogP contribution in [0.3, 0.4) is 0 Å². The third-order valence-electron chi connectivity index (χ3n) is 4.82. The number of nitrogens with zero attached hydrogens (tertiary/aromatic N) is 2. The molecule has 0 radical (unpaired) electrons. The van der Waals surface area contributed by atoms with Crippen molar-refractivity contribution >= 4 is 23.3 Å². The van der Waals surface area contributed by atoms with Crippen molar-refractivity contribution in [2.75, 3.05) is 32.7 Å². The summed E-state index contributed by atoms with van der Waals surface area (Å²) in [6.07, 6.45) is 4.40. The molecule has 1 N–H and O–H groups in total. The van der Waals surface area contributed by atoms with Crippen molar-refractivity contribution in [2.45, 2.75) is 19.5 Å². The van der Waals surface area contributed by atoms with Crippen LogP contribution in [0.5, 0.6) is 0 Å². The van der Waals surface area contributed by atoms with Crippen LogP contribution in [0.4, 0.5) is 0 Å². The Morgan fingerprint density at radius 2 is 1.92 bits per heavy atom. The van der Waals surface area contributed by atoms with Gasteiger partial charge in [0.2, 0.25) is 5.91 Å². The van der Waals surface area contributed by atoms with Gasteiger partial charge in [0, 0.05) is 37.6 Å². The van der Waals surface area contributed by atoms with E-state index in [9.17, 15) is 4.79 Å². The lowest BCUT2D eigenvalue weighted by molar-refractivity contribution is -0.126. The predicted molar refractivity (Wildman–Crippen MR) is 109 cm³/mol. The second-order valence-corrected chi connectivity index (χ2v) is 7.66. The summed E-state index contributed by atoms with van der Waals surface area (Å²) in [5.41, 5.74) is 1.24. The summed E-state index contributed by atoms with van der Waals surface area (Å²) >= 11 is 1.68. The van der Waals surface area contributed by atoms with Crippen molar-refractivity contribution in [1.82, 2.24) is 15.1 Å². The molecular formula is C21H27N3OS. The fourth-order valence-electron chi connectivity index (χ4n) is 3.14. The summed E-state index contributed by atoms with van der Waals surface area (Å²) in [4.78, 5) is 18.3. The number of thiophene rings is 1. The topological polar surface area (TPSA) is 35.6 Å². The normalized spacial score (nSPS) is 17.4. The van der Waals surface area contributed by atoms with Gasteiger partial charge in [0.05, 0.1) is 12.6 Å². The van der Waals surface area contributed by atoms with Gasteiger partial charge in [0.15, 0.2) is 0 Å². The van der Waals surface area contributed by atoms with Crippen LogP contribution in [0.25, 0.3) is 6.08 Å². The van der Waals surface area contributed by atoms with E-state index in [0.29, 0.717) is 6.54 Å². The largest absolute Gasteiger partial charge is 0.350 e. The first kappa shape index (κ1) is 18.8. The Bertz CT molecular complexity index is 691. The molecule has 3 rings (SSSR count). The molecule has 2 heterocycles. The van der Waals surface area contributed by atoms with Crippen LogP contribution in [0.2, 0.25) is 0 Å². The monoisotopic (exact) mass is 369 g/mol. The molecule has 1 saturated heterocycles. The molecule has 0 unspecified atom stereocenters. The minimum absolute atomic E-state index is 0.0722. The van der Waals surface area contributed by atoms with Crippen LogP contribution in [0.15, 0.2) is 53.9 Å². The average Bonchev–Trinajstić information content (AvgIpc) is 3.20. The molecule has 2 aromatic rings. The van der Waals surface area contributed by atoms with Crippen molar-refractivity contribution in [3.63, 3.8) is 0 Å². The van der Waals surface area contributed by atoms with Crippen LogP contribution in [0, 0.1) is 0 Å². The molecule has 1 aliphatic rings. The van der Waals surface area contributed by atoms with Crippen LogP contribution >= 0.6 is 11.3 Å². The molecule has 0 spiro atoms. The van der Waals surface area contributed by atoms with Crippen molar-refractivity contribution in [2.24, 2.45) is 0 Å². The minimum atomic E-state index is -0.0722. The zero-order valence-electron chi connectivity index (χ0n) is 15.3. The van der Waals surface area contributed by atoms with Gasteiger partial charge in [-0.15, -0.1) is 11.3 Å². The lowest BCUT2D eigenvalue weighted by Crippen LogP contribution is -2.53. The van der Waals surface area contributed by atoms with Crippen molar-refractivity contribution < 1.29 is 4.79 Å². The number of piperazine rings is 1. The quantitative estimate of drug-likeness (QED) is 0.815. The van der Waals surface area contributed by atoms with Crippen molar-refractivity contribution in [1.29, 1.82) is 0 Å². The van der Waals surface area contributed by atoms with Gasteiger partial charge in [0.25, 0.3) is 0 Å². The molecule has 0 saturated carbocycles. The summed E-state index contributed by atoms with van der Waals surface area (Å²) < 4.78 is 0. The van der Waals surface area contributed by atoms with E-state index in [1.54, 1.807) is 11.3 Å². The Morgan fingerprint density at radius 1 is 1.15 bits per heavy atom. The van der Waals surface area contributed by atoms with Crippen LogP contribution in [0.1, 0.15) is 17.4 Å². The lowest BCUT2D eigenvalue weighted by atomic mass is 10.2. The fraction of sp³-hybridized carbons (Fsp3) is 0.381. The molecule has 26 heavy (non-hydrogen) atoms. The van der Waals surface area contributed by atoms with Gasteiger partial charge in [-0.2, -0.15) is 0 Å². The summed E-state index contributed by atoms with van der Waals surface area (Å²) in [5, 5.41) is 5.09. The second kappa shape index (κ2) is 9.67. The average molecular weight is 370 g/mol. The van der Waals surface area contributed by atoms with Crippen LogP contribution < -0.4 is 5.32 Å². The maximum atomic E-state index is 12.4. The number of rotatable bonds is 7. The number of nitrogens with one attached hydrogen (secondary N) is 1. The first-order valence-electron chi connectivity index (χ1n) is 9.20. The number of amides is 1. The zero-order valence-corrected chi connectivity index (χ0v) is 16.1. The summed E-state index contributed by atoms with van der Waals surface area (Å²) in [7, 11) is 0. The molecule has 1 amide bonds. The fourth-order valence-corrected chi connectivity index (χ4v) is 3.78. The van der Waals surface area contributed by atoms with Crippen LogP contribution in [-0.4, -0.2) is 54.5 Å². The maximum Gasteiger partial charge on any atom is 0.237 e. The standard InChI is InChI=1S/C21H27N3OS/c1-18(21(25)22-17-20-10-6-16-26-20)24-14-12-23(13-15-24)11-5-9-19-7-3-2-4-8-19/h2-10,16,18H,11-15,17H2,1H3,(H,22,25)/b9-5+/t18-/m0/s1. The molecule has 1 aromatic carbocycles. The smallest absolute Gasteiger partial charge is 0.237 e. The van der Waals surface area contributed by atoms with E-state index in [2.05, 4.69) is 57.6 Å². The van der Waals surface area contributed by atoms with E-state index >= 15 is 0 Å². The number of hydrogen-bond acceptors (Lipinski definition) is 4. The number of benzene rings is 1. The van der Waals surface area contributed by atoms with Gasteiger partial charge in [-0.3, -0.25) is 14.6 Å². The molecule has 138 valence electrons. The highest BCUT2D eigenvalue weighted by atomic mass is 32.1. The molecule has 1 atom stereocenters. The first-order valence-corrected chi connectivity index (χ1v) is 10.1. The van der Waals surface area contributed by atoms with Crippen molar-refractivity contribution in [3.8, 4) is 0 Å². The van der Waals surface area contributed by atoms with Crippen LogP contribution in [-0.2, 0) is 11.3 Å². The van der Waals surface area contributed by atoms with Gasteiger partial charge < -0.3 is 5.32 Å². The molecule has 1 fully saturated rings.